The number of carbonyl (C=O) groups is 5. The molecule has 4 amide bonds. The third-order valence-corrected chi connectivity index (χ3v) is 4.84. The average molecular weight is 475 g/mol. The van der Waals surface area contributed by atoms with Gasteiger partial charge in [-0.05, 0) is 36.3 Å². The highest BCUT2D eigenvalue weighted by Gasteiger charge is 2.26. The first-order chi connectivity index (χ1) is 15.8. The molecule has 0 spiro atoms. The van der Waals surface area contributed by atoms with Crippen LogP contribution in [-0.2, 0) is 25.7 Å². The van der Waals surface area contributed by atoms with Crippen molar-refractivity contribution in [2.24, 2.45) is 0 Å². The quantitative estimate of drug-likeness (QED) is 0.292. The molecule has 2 aromatic rings. The van der Waals surface area contributed by atoms with E-state index in [-0.39, 0.29) is 30.1 Å². The fraction of sp³-hybridized carbons (Fsp3) is 0.263. The molecule has 174 valence electrons. The Morgan fingerprint density at radius 1 is 1.27 bits per heavy atom. The number of ketones is 1. The molecule has 0 unspecified atom stereocenters. The van der Waals surface area contributed by atoms with Crippen LogP contribution in [0.4, 0.5) is 5.69 Å². The van der Waals surface area contributed by atoms with Crippen molar-refractivity contribution in [1.82, 2.24) is 29.9 Å². The van der Waals surface area contributed by atoms with Crippen LogP contribution in [0.25, 0.3) is 0 Å². The number of hydrogen-bond donors (Lipinski definition) is 4. The van der Waals surface area contributed by atoms with E-state index in [4.69, 9.17) is 0 Å². The van der Waals surface area contributed by atoms with Gasteiger partial charge in [0.1, 0.15) is 24.6 Å². The molecule has 0 aromatic carbocycles. The van der Waals surface area contributed by atoms with E-state index in [1.165, 1.54) is 37.9 Å². The summed E-state index contributed by atoms with van der Waals surface area (Å²) in [5.41, 5.74) is -0.817. The SMILES string of the molecule is C=CNC(=O)Cn1cccc(NC(=O)[C@H](CCC(=O)C(=O)NC)NC(=O)c2ncns2)c1=O. The lowest BCUT2D eigenvalue weighted by molar-refractivity contribution is -0.137. The number of carbonyl (C=O) groups excluding carboxylic acids is 5. The standard InChI is InChI=1S/C19H21N7O6S/c1-3-21-14(28)9-26-8-4-5-12(19(26)32)25-15(29)11(6-7-13(27)16(30)20-2)24-17(31)18-22-10-23-33-18/h3-5,8,10-11H,1,6-7,9H2,2H3,(H,20,30)(H,21,28)(H,24,31)(H,25,29)/t11-/m0/s1. The van der Waals surface area contributed by atoms with Crippen molar-refractivity contribution in [2.45, 2.75) is 25.4 Å². The number of rotatable bonds is 11. The van der Waals surface area contributed by atoms with Crippen molar-refractivity contribution >= 4 is 46.6 Å². The zero-order chi connectivity index (χ0) is 24.4. The number of aromatic nitrogens is 3. The van der Waals surface area contributed by atoms with Crippen LogP contribution in [0.3, 0.4) is 0 Å². The van der Waals surface area contributed by atoms with Crippen LogP contribution in [-0.4, -0.2) is 56.4 Å². The minimum absolute atomic E-state index is 0.0132. The lowest BCUT2D eigenvalue weighted by Gasteiger charge is -2.17. The number of Topliss-reactive ketones (excluding diaryl/α,β-unsaturated/α-hetero) is 1. The highest BCUT2D eigenvalue weighted by Crippen LogP contribution is 2.07. The fourth-order valence-corrected chi connectivity index (χ4v) is 3.01. The predicted molar refractivity (Wildman–Crippen MR) is 117 cm³/mol. The molecule has 2 heterocycles. The Hall–Kier alpha value is -4.20. The van der Waals surface area contributed by atoms with Gasteiger partial charge >= 0.3 is 0 Å². The second kappa shape index (κ2) is 12.0. The summed E-state index contributed by atoms with van der Waals surface area (Å²) in [6, 6.07) is 1.50. The van der Waals surface area contributed by atoms with E-state index in [2.05, 4.69) is 37.2 Å². The van der Waals surface area contributed by atoms with Crippen molar-refractivity contribution in [2.75, 3.05) is 12.4 Å². The second-order valence-corrected chi connectivity index (χ2v) is 7.21. The minimum atomic E-state index is -1.27. The van der Waals surface area contributed by atoms with Crippen molar-refractivity contribution < 1.29 is 24.0 Å². The first-order valence-corrected chi connectivity index (χ1v) is 10.3. The van der Waals surface area contributed by atoms with Crippen LogP contribution in [0, 0.1) is 0 Å². The molecular weight excluding hydrogens is 454 g/mol. The number of nitrogens with one attached hydrogen (secondary N) is 4. The first kappa shape index (κ1) is 25.1. The van der Waals surface area contributed by atoms with Crippen LogP contribution in [0.5, 0.6) is 0 Å². The Labute approximate surface area is 191 Å². The molecule has 2 rings (SSSR count). The summed E-state index contributed by atoms with van der Waals surface area (Å²) < 4.78 is 4.78. The summed E-state index contributed by atoms with van der Waals surface area (Å²) in [7, 11) is 1.29. The number of hydrogen-bond acceptors (Lipinski definition) is 9. The van der Waals surface area contributed by atoms with Gasteiger partial charge in [0.25, 0.3) is 17.4 Å². The maximum atomic E-state index is 12.8. The van der Waals surface area contributed by atoms with Crippen molar-refractivity contribution in [3.63, 3.8) is 0 Å². The third-order valence-electron chi connectivity index (χ3n) is 4.17. The minimum Gasteiger partial charge on any atom is -0.353 e. The van der Waals surface area contributed by atoms with Crippen molar-refractivity contribution in [3.05, 3.63) is 52.8 Å². The molecule has 0 radical (unpaired) electrons. The molecule has 0 saturated heterocycles. The van der Waals surface area contributed by atoms with Gasteiger partial charge in [0.15, 0.2) is 0 Å². The van der Waals surface area contributed by atoms with Gasteiger partial charge in [0.2, 0.25) is 22.6 Å². The monoisotopic (exact) mass is 475 g/mol. The van der Waals surface area contributed by atoms with E-state index < -0.39 is 41.0 Å². The Morgan fingerprint density at radius 2 is 2.03 bits per heavy atom. The smallest absolute Gasteiger partial charge is 0.287 e. The first-order valence-electron chi connectivity index (χ1n) is 9.49. The fourth-order valence-electron chi connectivity index (χ4n) is 2.58. The molecular formula is C19H21N7O6S. The topological polar surface area (TPSA) is 181 Å². The summed E-state index contributed by atoms with van der Waals surface area (Å²) in [5, 5.41) is 9.32. The summed E-state index contributed by atoms with van der Waals surface area (Å²) >= 11 is 0.802. The summed E-state index contributed by atoms with van der Waals surface area (Å²) in [5.74, 6) is -3.63. The van der Waals surface area contributed by atoms with E-state index in [0.29, 0.717) is 0 Å². The van der Waals surface area contributed by atoms with Gasteiger partial charge in [-0.2, -0.15) is 4.37 Å². The molecule has 0 fully saturated rings. The molecule has 0 aliphatic heterocycles. The summed E-state index contributed by atoms with van der Waals surface area (Å²) in [6.45, 7) is 3.05. The Morgan fingerprint density at radius 3 is 2.67 bits per heavy atom. The number of amides is 4. The van der Waals surface area contributed by atoms with E-state index in [0.717, 1.165) is 16.1 Å². The van der Waals surface area contributed by atoms with Gasteiger partial charge in [0.05, 0.1) is 0 Å². The van der Waals surface area contributed by atoms with Crippen molar-refractivity contribution in [3.8, 4) is 0 Å². The van der Waals surface area contributed by atoms with Gasteiger partial charge in [-0.3, -0.25) is 28.8 Å². The molecule has 1 atom stereocenters. The molecule has 13 nitrogen and oxygen atoms in total. The number of pyridine rings is 1. The molecule has 14 heteroatoms. The lowest BCUT2D eigenvalue weighted by Crippen LogP contribution is -2.45. The van der Waals surface area contributed by atoms with Crippen LogP contribution < -0.4 is 26.8 Å². The van der Waals surface area contributed by atoms with Gasteiger partial charge in [-0.1, -0.05) is 6.58 Å². The molecule has 2 aromatic heterocycles. The zero-order valence-electron chi connectivity index (χ0n) is 17.5. The average Bonchev–Trinajstić information content (AvgIpc) is 3.33. The van der Waals surface area contributed by atoms with Gasteiger partial charge in [-0.25, -0.2) is 4.98 Å². The number of anilines is 1. The van der Waals surface area contributed by atoms with Gasteiger partial charge < -0.3 is 25.8 Å². The molecule has 0 bridgehead atoms. The summed E-state index contributed by atoms with van der Waals surface area (Å²) in [6.07, 6.45) is 3.14. The summed E-state index contributed by atoms with van der Waals surface area (Å²) in [4.78, 5) is 76.6. The zero-order valence-corrected chi connectivity index (χ0v) is 18.3. The normalized spacial score (nSPS) is 11.1. The molecule has 33 heavy (non-hydrogen) atoms. The molecule has 0 aliphatic rings. The predicted octanol–water partition coefficient (Wildman–Crippen LogP) is -1.21. The number of nitrogens with zero attached hydrogens (tertiary/aromatic N) is 3. The molecule has 0 aliphatic carbocycles. The van der Waals surface area contributed by atoms with E-state index in [9.17, 15) is 28.8 Å². The Bertz CT molecular complexity index is 1110. The van der Waals surface area contributed by atoms with E-state index in [1.807, 2.05) is 0 Å². The third kappa shape index (κ3) is 7.17. The number of likely N-dealkylation sites (N-methyl/N-ethyl adjacent to an activating group) is 1. The largest absolute Gasteiger partial charge is 0.353 e. The molecule has 4 N–H and O–H groups in total. The van der Waals surface area contributed by atoms with Crippen LogP contribution in [0.2, 0.25) is 0 Å². The second-order valence-electron chi connectivity index (χ2n) is 6.43. The highest BCUT2D eigenvalue weighted by atomic mass is 32.1. The molecule has 0 saturated carbocycles. The van der Waals surface area contributed by atoms with E-state index >= 15 is 0 Å². The van der Waals surface area contributed by atoms with E-state index in [1.54, 1.807) is 0 Å². The van der Waals surface area contributed by atoms with Crippen LogP contribution in [0.15, 0.2) is 42.2 Å². The van der Waals surface area contributed by atoms with Gasteiger partial charge in [0, 0.05) is 19.7 Å². The Balaban J connectivity index is 2.19. The maximum Gasteiger partial charge on any atom is 0.287 e. The van der Waals surface area contributed by atoms with Gasteiger partial charge in [-0.15, -0.1) is 0 Å². The maximum absolute atomic E-state index is 12.8. The highest BCUT2D eigenvalue weighted by molar-refractivity contribution is 7.07. The van der Waals surface area contributed by atoms with Crippen LogP contribution >= 0.6 is 11.5 Å². The van der Waals surface area contributed by atoms with Crippen LogP contribution in [0.1, 0.15) is 22.6 Å². The van der Waals surface area contributed by atoms with Crippen molar-refractivity contribution in [1.29, 1.82) is 0 Å². The lowest BCUT2D eigenvalue weighted by atomic mass is 10.1. The Kier molecular flexibility index (Phi) is 9.11.